The summed E-state index contributed by atoms with van der Waals surface area (Å²) in [6.07, 6.45) is 3.34. The number of sulfonamides is 1. The Hall–Kier alpha value is -2.30. The van der Waals surface area contributed by atoms with Gasteiger partial charge in [-0.15, -0.1) is 0 Å². The van der Waals surface area contributed by atoms with E-state index < -0.39 is 15.2 Å². The van der Waals surface area contributed by atoms with E-state index in [1.165, 1.54) is 24.3 Å². The number of aromatic nitrogens is 2. The molecule has 2 heterocycles. The zero-order chi connectivity index (χ0) is 16.4. The monoisotopic (exact) mass is 334 g/mol. The fourth-order valence-electron chi connectivity index (χ4n) is 2.21. The van der Waals surface area contributed by atoms with Crippen molar-refractivity contribution in [1.29, 1.82) is 0 Å². The van der Waals surface area contributed by atoms with Crippen LogP contribution in [0.4, 0.5) is 5.69 Å². The zero-order valence-corrected chi connectivity index (χ0v) is 12.7. The van der Waals surface area contributed by atoms with Crippen molar-refractivity contribution in [2.75, 3.05) is 0 Å². The Kier molecular flexibility index (Phi) is 4.11. The van der Waals surface area contributed by atoms with Gasteiger partial charge in [0.25, 0.3) is 0 Å². The molecule has 0 saturated carbocycles. The average molecular weight is 334 g/mol. The molecule has 9 heteroatoms. The first-order valence-electron chi connectivity index (χ1n) is 6.71. The van der Waals surface area contributed by atoms with Gasteiger partial charge in [0.05, 0.1) is 4.90 Å². The third kappa shape index (κ3) is 3.23. The second-order valence-electron chi connectivity index (χ2n) is 4.86. The second kappa shape index (κ2) is 6.07. The Morgan fingerprint density at radius 1 is 1.22 bits per heavy atom. The lowest BCUT2D eigenvalue weighted by molar-refractivity contribution is -0.991. The summed E-state index contributed by atoms with van der Waals surface area (Å²) in [6.45, 7) is 0.111. The van der Waals surface area contributed by atoms with Crippen LogP contribution in [0.15, 0.2) is 53.7 Å². The molecule has 23 heavy (non-hydrogen) atoms. The van der Waals surface area contributed by atoms with Gasteiger partial charge in [-0.25, -0.2) is 23.3 Å². The van der Waals surface area contributed by atoms with Gasteiger partial charge in [0.2, 0.25) is 10.0 Å². The van der Waals surface area contributed by atoms with Gasteiger partial charge in [0, 0.05) is 36.5 Å². The van der Waals surface area contributed by atoms with E-state index in [-0.39, 0.29) is 17.1 Å². The van der Waals surface area contributed by atoms with Crippen LogP contribution in [-0.4, -0.2) is 23.6 Å². The number of fused-ring (bicyclic) bond motifs is 1. The molecule has 0 bridgehead atoms. The van der Waals surface area contributed by atoms with Crippen molar-refractivity contribution in [2.24, 2.45) is 0 Å². The van der Waals surface area contributed by atoms with Gasteiger partial charge in [0.1, 0.15) is 5.65 Å². The molecule has 0 aliphatic rings. The number of hydrogen-bond acceptors (Lipinski definition) is 5. The van der Waals surface area contributed by atoms with E-state index in [1.54, 1.807) is 18.5 Å². The Labute approximate surface area is 132 Å². The topological polar surface area (TPSA) is 123 Å². The minimum Gasteiger partial charge on any atom is -0.595 e. The Bertz CT molecular complexity index is 919. The van der Waals surface area contributed by atoms with Gasteiger partial charge < -0.3 is 10.2 Å². The van der Waals surface area contributed by atoms with Crippen molar-refractivity contribution in [1.82, 2.24) is 14.7 Å². The number of quaternary nitrogens is 1. The minimum absolute atomic E-state index is 0.0156. The molecule has 2 aromatic heterocycles. The van der Waals surface area contributed by atoms with Crippen LogP contribution in [0.2, 0.25) is 0 Å². The number of pyridine rings is 1. The molecule has 1 unspecified atom stereocenters. The maximum Gasteiger partial charge on any atom is 0.240 e. The Balaban J connectivity index is 1.80. The van der Waals surface area contributed by atoms with Gasteiger partial charge >= 0.3 is 0 Å². The van der Waals surface area contributed by atoms with Crippen LogP contribution in [0, 0.1) is 5.21 Å². The lowest BCUT2D eigenvalue weighted by Gasteiger charge is -2.12. The number of benzene rings is 1. The van der Waals surface area contributed by atoms with Gasteiger partial charge in [-0.3, -0.25) is 0 Å². The lowest BCUT2D eigenvalue weighted by Crippen LogP contribution is -2.99. The molecule has 120 valence electrons. The van der Waals surface area contributed by atoms with Crippen LogP contribution < -0.4 is 9.95 Å². The minimum atomic E-state index is -3.73. The van der Waals surface area contributed by atoms with E-state index in [9.17, 15) is 13.6 Å². The predicted molar refractivity (Wildman–Crippen MR) is 82.3 cm³/mol. The highest BCUT2D eigenvalue weighted by Crippen LogP contribution is 2.16. The standard InChI is InChI=1S/C14H14N4O4S/c19-18(20)11-1-3-12(4-2-11)23(21,22)17-9-10-5-7-15-14-13(10)6-8-16-14/h1-8,17-19H,9H2,(H,15,16). The SMILES string of the molecule is O=S(=O)(NCc1ccnc2[nH]ccc12)c1ccc([NH+]([O-])O)cc1. The first kappa shape index (κ1) is 15.6. The smallest absolute Gasteiger partial charge is 0.240 e. The van der Waals surface area contributed by atoms with Gasteiger partial charge in [-0.05, 0) is 29.8 Å². The molecular weight excluding hydrogens is 320 g/mol. The molecule has 3 aromatic rings. The largest absolute Gasteiger partial charge is 0.595 e. The van der Waals surface area contributed by atoms with Crippen molar-refractivity contribution in [3.8, 4) is 0 Å². The summed E-state index contributed by atoms with van der Waals surface area (Å²) in [6, 6.07) is 8.62. The average Bonchev–Trinajstić information content (AvgIpc) is 3.02. The summed E-state index contributed by atoms with van der Waals surface area (Å²) in [5, 5.41) is 19.4. The summed E-state index contributed by atoms with van der Waals surface area (Å²) in [4.78, 5) is 7.12. The van der Waals surface area contributed by atoms with Gasteiger partial charge in [-0.2, -0.15) is 5.23 Å². The number of hydrogen-bond donors (Lipinski definition) is 4. The molecule has 0 radical (unpaired) electrons. The third-order valence-corrected chi connectivity index (χ3v) is 4.83. The number of nitrogens with one attached hydrogen (secondary N) is 3. The Morgan fingerprint density at radius 2 is 1.96 bits per heavy atom. The molecule has 0 amide bonds. The lowest BCUT2D eigenvalue weighted by atomic mass is 10.2. The first-order valence-corrected chi connectivity index (χ1v) is 8.20. The normalized spacial score (nSPS) is 13.3. The quantitative estimate of drug-likeness (QED) is 0.504. The van der Waals surface area contributed by atoms with Crippen LogP contribution in [0.1, 0.15) is 5.56 Å². The molecule has 4 N–H and O–H groups in total. The summed E-state index contributed by atoms with van der Waals surface area (Å²) in [5.41, 5.74) is 1.52. The molecule has 0 saturated heterocycles. The summed E-state index contributed by atoms with van der Waals surface area (Å²) < 4.78 is 27.1. The fraction of sp³-hybridized carbons (Fsp3) is 0.0714. The van der Waals surface area contributed by atoms with Crippen molar-refractivity contribution < 1.29 is 18.9 Å². The van der Waals surface area contributed by atoms with Crippen LogP contribution in [0.25, 0.3) is 11.0 Å². The zero-order valence-electron chi connectivity index (χ0n) is 11.9. The van der Waals surface area contributed by atoms with Gasteiger partial charge in [0.15, 0.2) is 5.69 Å². The van der Waals surface area contributed by atoms with Crippen molar-refractivity contribution in [2.45, 2.75) is 11.4 Å². The van der Waals surface area contributed by atoms with Crippen molar-refractivity contribution >= 4 is 26.7 Å². The Morgan fingerprint density at radius 3 is 2.65 bits per heavy atom. The van der Waals surface area contributed by atoms with Crippen LogP contribution in [-0.2, 0) is 16.6 Å². The third-order valence-electron chi connectivity index (χ3n) is 3.41. The van der Waals surface area contributed by atoms with E-state index in [2.05, 4.69) is 14.7 Å². The summed E-state index contributed by atoms with van der Waals surface area (Å²) in [7, 11) is -3.73. The highest BCUT2D eigenvalue weighted by atomic mass is 32.2. The molecule has 3 rings (SSSR count). The van der Waals surface area contributed by atoms with E-state index in [0.29, 0.717) is 5.65 Å². The fourth-order valence-corrected chi connectivity index (χ4v) is 3.21. The molecule has 1 atom stereocenters. The highest BCUT2D eigenvalue weighted by molar-refractivity contribution is 7.89. The number of rotatable bonds is 5. The van der Waals surface area contributed by atoms with E-state index in [1.807, 2.05) is 6.07 Å². The highest BCUT2D eigenvalue weighted by Gasteiger charge is 2.15. The number of nitrogens with zero attached hydrogens (tertiary/aromatic N) is 1. The van der Waals surface area contributed by atoms with E-state index in [0.717, 1.165) is 10.9 Å². The maximum absolute atomic E-state index is 12.3. The number of H-pyrrole nitrogens is 1. The van der Waals surface area contributed by atoms with Crippen LogP contribution in [0.5, 0.6) is 0 Å². The van der Waals surface area contributed by atoms with Gasteiger partial charge in [-0.1, -0.05) is 0 Å². The molecule has 0 fully saturated rings. The van der Waals surface area contributed by atoms with Crippen LogP contribution in [0.3, 0.4) is 0 Å². The predicted octanol–water partition coefficient (Wildman–Crippen LogP) is 0.445. The van der Waals surface area contributed by atoms with E-state index >= 15 is 0 Å². The molecule has 1 aromatic carbocycles. The molecule has 0 aliphatic carbocycles. The summed E-state index contributed by atoms with van der Waals surface area (Å²) >= 11 is 0. The van der Waals surface area contributed by atoms with Crippen molar-refractivity contribution in [3.05, 3.63) is 59.6 Å². The molecule has 0 spiro atoms. The second-order valence-corrected chi connectivity index (χ2v) is 6.63. The first-order chi connectivity index (χ1) is 11.0. The molecular formula is C14H14N4O4S. The maximum atomic E-state index is 12.3. The van der Waals surface area contributed by atoms with Crippen molar-refractivity contribution in [3.63, 3.8) is 0 Å². The molecule has 0 aliphatic heterocycles. The number of aromatic amines is 1. The molecule has 8 nitrogen and oxygen atoms in total. The summed E-state index contributed by atoms with van der Waals surface area (Å²) in [5.74, 6) is 0. The van der Waals surface area contributed by atoms with E-state index in [4.69, 9.17) is 5.21 Å². The van der Waals surface area contributed by atoms with Crippen LogP contribution >= 0.6 is 0 Å².